The van der Waals surface area contributed by atoms with Crippen molar-refractivity contribution in [2.75, 3.05) is 26.4 Å². The summed E-state index contributed by atoms with van der Waals surface area (Å²) in [5, 5.41) is 10.0. The third-order valence-electron chi connectivity index (χ3n) is 4.15. The molecule has 110 valence electrons. The van der Waals surface area contributed by atoms with Crippen molar-refractivity contribution in [2.45, 2.75) is 43.9 Å². The molecule has 0 amide bonds. The fraction of sp³-hybridized carbons (Fsp3) is 0.917. The maximum absolute atomic E-state index is 11.5. The third kappa shape index (κ3) is 3.53. The Morgan fingerprint density at radius 1 is 1.37 bits per heavy atom. The van der Waals surface area contributed by atoms with Crippen LogP contribution in [0.1, 0.15) is 25.7 Å². The molecule has 2 aliphatic rings. The van der Waals surface area contributed by atoms with E-state index in [-0.39, 0.29) is 18.6 Å². The summed E-state index contributed by atoms with van der Waals surface area (Å²) in [6.45, 7) is 0.547. The minimum atomic E-state index is -3.26. The van der Waals surface area contributed by atoms with Crippen LogP contribution in [0.3, 0.4) is 0 Å². The van der Waals surface area contributed by atoms with Gasteiger partial charge in [-0.2, -0.15) is 0 Å². The Labute approximate surface area is 114 Å². The molecule has 2 saturated heterocycles. The van der Waals surface area contributed by atoms with Crippen molar-refractivity contribution in [1.29, 1.82) is 0 Å². The normalized spacial score (nSPS) is 30.0. The van der Waals surface area contributed by atoms with Gasteiger partial charge >= 0.3 is 0 Å². The number of sulfonamides is 1. The van der Waals surface area contributed by atoms with Crippen LogP contribution in [0, 0.1) is 0 Å². The molecule has 7 heteroatoms. The molecule has 2 bridgehead atoms. The molecule has 1 N–H and O–H groups in total. The van der Waals surface area contributed by atoms with Crippen molar-refractivity contribution >= 4 is 15.8 Å². The summed E-state index contributed by atoms with van der Waals surface area (Å²) < 4.78 is 23.8. The number of hydrogen-bond donors (Lipinski definition) is 1. The van der Waals surface area contributed by atoms with Crippen LogP contribution in [0.25, 0.3) is 0 Å². The maximum atomic E-state index is 11.5. The summed E-state index contributed by atoms with van der Waals surface area (Å²) in [5.41, 5.74) is 0. The first-order valence-electron chi connectivity index (χ1n) is 6.64. The summed E-state index contributed by atoms with van der Waals surface area (Å²) in [7, 11) is -1.79. The average molecular weight is 290 g/mol. The number of aliphatic hydroxyl groups is 1. The molecule has 0 spiro atoms. The number of likely N-dealkylation sites (N-methyl/N-ethyl adjacent to an activating group) is 1. The highest BCUT2D eigenvalue weighted by atomic mass is 32.2. The molecule has 2 heterocycles. The van der Waals surface area contributed by atoms with Crippen molar-refractivity contribution in [3.63, 3.8) is 0 Å². The quantitative estimate of drug-likeness (QED) is 0.734. The van der Waals surface area contributed by atoms with Gasteiger partial charge in [-0.05, 0) is 12.8 Å². The number of carbonyl (C=O) groups is 1. The number of Topliss-reactive ketones (excluding diaryl/α,β-unsaturated/α-hetero) is 1. The Balaban J connectivity index is 1.90. The van der Waals surface area contributed by atoms with E-state index in [0.29, 0.717) is 25.2 Å². The van der Waals surface area contributed by atoms with Gasteiger partial charge in [0.25, 0.3) is 0 Å². The molecule has 0 unspecified atom stereocenters. The van der Waals surface area contributed by atoms with E-state index in [4.69, 9.17) is 0 Å². The monoisotopic (exact) mass is 290 g/mol. The van der Waals surface area contributed by atoms with Gasteiger partial charge in [-0.1, -0.05) is 0 Å². The molecule has 2 rings (SSSR count). The number of hydrogen-bond acceptors (Lipinski definition) is 5. The molecule has 19 heavy (non-hydrogen) atoms. The van der Waals surface area contributed by atoms with Crippen LogP contribution in [0.4, 0.5) is 0 Å². The van der Waals surface area contributed by atoms with Crippen molar-refractivity contribution in [3.8, 4) is 0 Å². The predicted octanol–water partition coefficient (Wildman–Crippen LogP) is -0.565. The average Bonchev–Trinajstić information content (AvgIpc) is 2.52. The highest BCUT2D eigenvalue weighted by Gasteiger charge is 2.40. The van der Waals surface area contributed by atoms with Gasteiger partial charge < -0.3 is 5.11 Å². The Morgan fingerprint density at radius 2 is 1.89 bits per heavy atom. The minimum absolute atomic E-state index is 0.0999. The van der Waals surface area contributed by atoms with Crippen LogP contribution < -0.4 is 0 Å². The number of aliphatic hydroxyl groups excluding tert-OH is 1. The standard InChI is InChI=1S/C12H22N2O4S/c1-13(19(2,17)18)7-12(16)8-14-9-3-4-10(14)6-11(15)5-9/h9-10,12,16H,3-8H2,1-2H3/t9-,10+,12-/m0/s1. The molecule has 2 fully saturated rings. The van der Waals surface area contributed by atoms with Crippen LogP contribution in [0.2, 0.25) is 0 Å². The van der Waals surface area contributed by atoms with E-state index in [2.05, 4.69) is 4.90 Å². The fourth-order valence-corrected chi connectivity index (χ4v) is 3.54. The first kappa shape index (κ1) is 14.9. The fourth-order valence-electron chi connectivity index (χ4n) is 3.09. The van der Waals surface area contributed by atoms with Crippen molar-refractivity contribution < 1.29 is 18.3 Å². The second-order valence-electron chi connectivity index (χ2n) is 5.73. The van der Waals surface area contributed by atoms with Crippen LogP contribution >= 0.6 is 0 Å². The molecule has 0 radical (unpaired) electrons. The zero-order valence-electron chi connectivity index (χ0n) is 11.4. The molecular formula is C12H22N2O4S. The van der Waals surface area contributed by atoms with Crippen LogP contribution in [0.5, 0.6) is 0 Å². The third-order valence-corrected chi connectivity index (χ3v) is 5.43. The number of rotatable bonds is 5. The predicted molar refractivity (Wildman–Crippen MR) is 71.2 cm³/mol. The highest BCUT2D eigenvalue weighted by molar-refractivity contribution is 7.88. The van der Waals surface area contributed by atoms with Gasteiger partial charge in [0.1, 0.15) is 5.78 Å². The van der Waals surface area contributed by atoms with E-state index in [1.807, 2.05) is 0 Å². The zero-order valence-corrected chi connectivity index (χ0v) is 12.3. The van der Waals surface area contributed by atoms with E-state index < -0.39 is 16.1 Å². The first-order valence-corrected chi connectivity index (χ1v) is 8.49. The molecular weight excluding hydrogens is 268 g/mol. The Kier molecular flexibility index (Phi) is 4.29. The Morgan fingerprint density at radius 3 is 2.37 bits per heavy atom. The Bertz CT molecular complexity index is 435. The number of fused-ring (bicyclic) bond motifs is 2. The lowest BCUT2D eigenvalue weighted by Gasteiger charge is -2.35. The molecule has 3 atom stereocenters. The molecule has 6 nitrogen and oxygen atoms in total. The zero-order chi connectivity index (χ0) is 14.2. The topological polar surface area (TPSA) is 77.9 Å². The van der Waals surface area contributed by atoms with E-state index in [1.54, 1.807) is 0 Å². The van der Waals surface area contributed by atoms with Crippen molar-refractivity contribution in [3.05, 3.63) is 0 Å². The summed E-state index contributed by atoms with van der Waals surface area (Å²) in [4.78, 5) is 13.7. The summed E-state index contributed by atoms with van der Waals surface area (Å²) in [6, 6.07) is 0.480. The summed E-state index contributed by atoms with van der Waals surface area (Å²) >= 11 is 0. The van der Waals surface area contributed by atoms with Gasteiger partial charge in [0.15, 0.2) is 0 Å². The van der Waals surface area contributed by atoms with E-state index in [0.717, 1.165) is 23.4 Å². The second kappa shape index (κ2) is 5.47. The van der Waals surface area contributed by atoms with E-state index in [9.17, 15) is 18.3 Å². The number of carbonyl (C=O) groups excluding carboxylic acids is 1. The lowest BCUT2D eigenvalue weighted by Crippen LogP contribution is -2.48. The lowest BCUT2D eigenvalue weighted by atomic mass is 10.0. The summed E-state index contributed by atoms with van der Waals surface area (Å²) in [6.07, 6.45) is 3.58. The second-order valence-corrected chi connectivity index (χ2v) is 7.82. The van der Waals surface area contributed by atoms with Crippen LogP contribution in [-0.4, -0.2) is 73.1 Å². The lowest BCUT2D eigenvalue weighted by molar-refractivity contribution is -0.124. The molecule has 0 saturated carbocycles. The first-order chi connectivity index (χ1) is 8.77. The molecule has 0 aromatic carbocycles. The van der Waals surface area contributed by atoms with Gasteiger partial charge in [0.05, 0.1) is 12.4 Å². The molecule has 0 aromatic heterocycles. The van der Waals surface area contributed by atoms with Crippen LogP contribution in [0.15, 0.2) is 0 Å². The van der Waals surface area contributed by atoms with Gasteiger partial charge in [0, 0.05) is 45.1 Å². The smallest absolute Gasteiger partial charge is 0.211 e. The van der Waals surface area contributed by atoms with E-state index >= 15 is 0 Å². The van der Waals surface area contributed by atoms with E-state index in [1.165, 1.54) is 7.05 Å². The highest BCUT2D eigenvalue weighted by Crippen LogP contribution is 2.33. The maximum Gasteiger partial charge on any atom is 0.211 e. The van der Waals surface area contributed by atoms with Crippen LogP contribution in [-0.2, 0) is 14.8 Å². The number of ketones is 1. The van der Waals surface area contributed by atoms with Gasteiger partial charge in [-0.3, -0.25) is 9.69 Å². The summed E-state index contributed by atoms with van der Waals surface area (Å²) in [5.74, 6) is 0.312. The van der Waals surface area contributed by atoms with Crippen molar-refractivity contribution in [2.24, 2.45) is 0 Å². The largest absolute Gasteiger partial charge is 0.390 e. The van der Waals surface area contributed by atoms with Gasteiger partial charge in [-0.15, -0.1) is 0 Å². The SMILES string of the molecule is CN(C[C@H](O)CN1[C@@H]2CC[C@H]1CC(=O)C2)S(C)(=O)=O. The minimum Gasteiger partial charge on any atom is -0.390 e. The Hall–Kier alpha value is -0.500. The molecule has 2 aliphatic heterocycles. The number of piperidine rings is 1. The molecule has 0 aromatic rings. The molecule has 0 aliphatic carbocycles. The van der Waals surface area contributed by atoms with Gasteiger partial charge in [0.2, 0.25) is 10.0 Å². The van der Waals surface area contributed by atoms with Gasteiger partial charge in [-0.25, -0.2) is 12.7 Å². The number of nitrogens with zero attached hydrogens (tertiary/aromatic N) is 2. The van der Waals surface area contributed by atoms with Crippen molar-refractivity contribution in [1.82, 2.24) is 9.21 Å².